The van der Waals surface area contributed by atoms with Crippen molar-refractivity contribution in [2.24, 2.45) is 0 Å². The highest BCUT2D eigenvalue weighted by molar-refractivity contribution is 6.70. The van der Waals surface area contributed by atoms with Gasteiger partial charge >= 0.3 is 0 Å². The van der Waals surface area contributed by atoms with Crippen molar-refractivity contribution in [2.45, 2.75) is 0 Å². The largest absolute Gasteiger partial charge is 0.0616 e. The van der Waals surface area contributed by atoms with Crippen LogP contribution in [0, 0.1) is 0 Å². The Labute approximate surface area is 281 Å². The molecule has 0 aromatic heterocycles. The van der Waals surface area contributed by atoms with Gasteiger partial charge in [0.15, 0.2) is 0 Å². The highest BCUT2D eigenvalue weighted by Crippen LogP contribution is 2.66. The summed E-state index contributed by atoms with van der Waals surface area (Å²) < 4.78 is 0. The van der Waals surface area contributed by atoms with Crippen LogP contribution in [0.1, 0.15) is 0 Å². The minimum Gasteiger partial charge on any atom is -0.0616 e. The summed E-state index contributed by atoms with van der Waals surface area (Å²) in [6, 6.07) is 46.6. The van der Waals surface area contributed by atoms with Crippen molar-refractivity contribution in [1.82, 2.24) is 0 Å². The molecule has 0 atom stereocenters. The van der Waals surface area contributed by atoms with Gasteiger partial charge < -0.3 is 0 Å². The normalized spacial score (nSPS) is 14.0. The number of fused-ring (bicyclic) bond motifs is 20. The molecule has 50 heavy (non-hydrogen) atoms. The molecule has 0 aliphatic heterocycles. The van der Waals surface area contributed by atoms with E-state index in [1.54, 1.807) is 0 Å². The van der Waals surface area contributed by atoms with Crippen molar-refractivity contribution in [3.8, 4) is 0 Å². The van der Waals surface area contributed by atoms with Crippen molar-refractivity contribution < 1.29 is 0 Å². The Morgan fingerprint density at radius 2 is 0.220 bits per heavy atom. The molecule has 0 amide bonds. The van der Waals surface area contributed by atoms with E-state index in [2.05, 4.69) is 121 Å². The van der Waals surface area contributed by atoms with Crippen LogP contribution in [0.15, 0.2) is 121 Å². The van der Waals surface area contributed by atoms with Gasteiger partial charge in [0.25, 0.3) is 0 Å². The lowest BCUT2D eigenvalue weighted by atomic mass is 9.91. The van der Waals surface area contributed by atoms with Crippen LogP contribution in [-0.2, 0) is 0 Å². The standard InChI is InChI=1S/C50H20/c1-2-12-22-21(11-1)31-33-23-13-3-4-14-24(23)35-36-27-17-7-8-18-28(27)39-40-30-20-10-9-19-29(30)38-37-26-16-6-5-15-25(26)34-32(22)41(31)46-47(42(33)35)49(44(36)39)50(45(38)40)48(46)43(34)37/h1-20H. The van der Waals surface area contributed by atoms with Gasteiger partial charge in [0, 0.05) is 0 Å². The second-order valence-corrected chi connectivity index (χ2v) is 15.2. The summed E-state index contributed by atoms with van der Waals surface area (Å²) in [5.41, 5.74) is 0. The van der Waals surface area contributed by atoms with Gasteiger partial charge in [-0.1, -0.05) is 121 Å². The topological polar surface area (TPSA) is 0 Å². The average molecular weight is 621 g/mol. The molecule has 0 spiro atoms. The van der Waals surface area contributed by atoms with Crippen LogP contribution in [0.3, 0.4) is 0 Å². The Kier molecular flexibility index (Phi) is 3.14. The lowest BCUT2D eigenvalue weighted by Crippen LogP contribution is -1.81. The molecule has 0 nitrogen and oxygen atoms in total. The van der Waals surface area contributed by atoms with E-state index in [0.717, 1.165) is 0 Å². The van der Waals surface area contributed by atoms with E-state index < -0.39 is 0 Å². The molecule has 0 N–H and O–H groups in total. The third kappa shape index (κ3) is 1.92. The molecule has 0 heteroatoms. The fourth-order valence-electron chi connectivity index (χ4n) is 12.3. The molecule has 0 saturated heterocycles. The Morgan fingerprint density at radius 1 is 0.120 bits per heavy atom. The summed E-state index contributed by atoms with van der Waals surface area (Å²) in [4.78, 5) is 0. The van der Waals surface area contributed by atoms with E-state index in [4.69, 9.17) is 0 Å². The first-order valence-corrected chi connectivity index (χ1v) is 17.9. The average Bonchev–Trinajstić information content (AvgIpc) is 3.99. The molecule has 0 radical (unpaired) electrons. The SMILES string of the molecule is c1ccc2c(c1)c1c3c4ccccc4c4c5c6ccccc6c6c7c8ccccc8c8c9c%10ccccc%10c%10c2c1c1c(c34)c(c56)c(c87)c1c%109. The van der Waals surface area contributed by atoms with Gasteiger partial charge in [0.2, 0.25) is 0 Å². The van der Waals surface area contributed by atoms with Crippen LogP contribution in [0.25, 0.3) is 162 Å². The summed E-state index contributed by atoms with van der Waals surface area (Å²) in [6.07, 6.45) is 0. The van der Waals surface area contributed by atoms with Crippen molar-refractivity contribution in [1.29, 1.82) is 0 Å². The van der Waals surface area contributed by atoms with E-state index >= 15 is 0 Å². The monoisotopic (exact) mass is 620 g/mol. The first-order valence-electron chi connectivity index (χ1n) is 17.9. The predicted octanol–water partition coefficient (Wildman–Crippen LogP) is 14.5. The second kappa shape index (κ2) is 6.83. The van der Waals surface area contributed by atoms with Gasteiger partial charge in [-0.25, -0.2) is 0 Å². The molecule has 0 fully saturated rings. The summed E-state index contributed by atoms with van der Waals surface area (Å²) in [6.45, 7) is 0. The van der Waals surface area contributed by atoms with Gasteiger partial charge in [-0.05, 0) is 162 Å². The maximum atomic E-state index is 2.40. The van der Waals surface area contributed by atoms with Crippen LogP contribution in [0.4, 0.5) is 0 Å². The number of rotatable bonds is 0. The van der Waals surface area contributed by atoms with E-state index in [1.165, 1.54) is 162 Å². The summed E-state index contributed by atoms with van der Waals surface area (Å²) in [5.74, 6) is 0. The summed E-state index contributed by atoms with van der Waals surface area (Å²) in [7, 11) is 0. The minimum atomic E-state index is 1.39. The van der Waals surface area contributed by atoms with Crippen LogP contribution in [-0.4, -0.2) is 0 Å². The zero-order valence-electron chi connectivity index (χ0n) is 26.5. The second-order valence-electron chi connectivity index (χ2n) is 15.2. The van der Waals surface area contributed by atoms with Gasteiger partial charge in [-0.15, -0.1) is 0 Å². The van der Waals surface area contributed by atoms with Crippen molar-refractivity contribution >= 4 is 162 Å². The number of hydrogen-bond acceptors (Lipinski definition) is 0. The molecule has 0 aliphatic carbocycles. The van der Waals surface area contributed by atoms with Crippen LogP contribution < -0.4 is 0 Å². The Bertz CT molecular complexity index is 3270. The molecule has 16 aromatic carbocycles. The first kappa shape index (κ1) is 23.0. The van der Waals surface area contributed by atoms with Crippen molar-refractivity contribution in [3.63, 3.8) is 0 Å². The molecule has 0 bridgehead atoms. The molecule has 0 unspecified atom stereocenters. The van der Waals surface area contributed by atoms with Gasteiger partial charge in [-0.2, -0.15) is 0 Å². The summed E-state index contributed by atoms with van der Waals surface area (Å²) in [5, 5.41) is 43.4. The maximum absolute atomic E-state index is 2.40. The third-order valence-electron chi connectivity index (χ3n) is 13.6. The third-order valence-corrected chi connectivity index (χ3v) is 13.6. The fraction of sp³-hybridized carbons (Fsp3) is 0. The Hall–Kier alpha value is -6.50. The van der Waals surface area contributed by atoms with E-state index in [1.807, 2.05) is 0 Å². The zero-order chi connectivity index (χ0) is 31.5. The van der Waals surface area contributed by atoms with Crippen LogP contribution in [0.5, 0.6) is 0 Å². The number of hydrogen-bond donors (Lipinski definition) is 0. The smallest absolute Gasteiger partial charge is 0.000000767 e. The molecule has 16 rings (SSSR count). The van der Waals surface area contributed by atoms with E-state index in [9.17, 15) is 0 Å². The quantitative estimate of drug-likeness (QED) is 0.148. The van der Waals surface area contributed by atoms with Crippen molar-refractivity contribution in [2.75, 3.05) is 0 Å². The van der Waals surface area contributed by atoms with E-state index in [-0.39, 0.29) is 0 Å². The summed E-state index contributed by atoms with van der Waals surface area (Å²) >= 11 is 0. The van der Waals surface area contributed by atoms with Crippen LogP contribution in [0.2, 0.25) is 0 Å². The Morgan fingerprint density at radius 3 is 0.340 bits per heavy atom. The van der Waals surface area contributed by atoms with E-state index in [0.29, 0.717) is 0 Å². The first-order chi connectivity index (χ1) is 24.9. The molecule has 0 aliphatic rings. The lowest BCUT2D eigenvalue weighted by Gasteiger charge is -2.10. The lowest BCUT2D eigenvalue weighted by molar-refractivity contribution is 1.85. The Balaban J connectivity index is 1.50. The zero-order valence-corrected chi connectivity index (χ0v) is 26.5. The fourth-order valence-corrected chi connectivity index (χ4v) is 12.3. The molecule has 16 aromatic rings. The minimum absolute atomic E-state index is 1.39. The molecule has 0 saturated carbocycles. The maximum Gasteiger partial charge on any atom is -0.000000767 e. The molecule has 220 valence electrons. The highest BCUT2D eigenvalue weighted by Gasteiger charge is 2.37. The number of benzene rings is 10. The molecular formula is C50H20. The molecule has 0 heterocycles. The van der Waals surface area contributed by atoms with Gasteiger partial charge in [-0.3, -0.25) is 0 Å². The van der Waals surface area contributed by atoms with Gasteiger partial charge in [0.05, 0.1) is 0 Å². The predicted molar refractivity (Wildman–Crippen MR) is 219 cm³/mol. The molecular weight excluding hydrogens is 601 g/mol. The highest BCUT2D eigenvalue weighted by atomic mass is 14.4. The van der Waals surface area contributed by atoms with Gasteiger partial charge in [0.1, 0.15) is 0 Å². The van der Waals surface area contributed by atoms with Crippen molar-refractivity contribution in [3.05, 3.63) is 121 Å². The van der Waals surface area contributed by atoms with Crippen LogP contribution >= 0.6 is 0 Å².